The van der Waals surface area contributed by atoms with Crippen LogP contribution in [-0.2, 0) is 0 Å². The van der Waals surface area contributed by atoms with Gasteiger partial charge in [-0.25, -0.2) is 4.98 Å². The molecule has 1 aromatic rings. The molecule has 84 valence electrons. The summed E-state index contributed by atoms with van der Waals surface area (Å²) in [6, 6.07) is 1.81. The number of hydrogen-bond donors (Lipinski definition) is 1. The van der Waals surface area contributed by atoms with Crippen molar-refractivity contribution in [2.24, 2.45) is 0 Å². The van der Waals surface area contributed by atoms with E-state index in [9.17, 15) is 5.11 Å². The molecule has 1 heterocycles. The van der Waals surface area contributed by atoms with Gasteiger partial charge in [-0.3, -0.25) is 0 Å². The predicted octanol–water partition coefficient (Wildman–Crippen LogP) is 2.70. The highest BCUT2D eigenvalue weighted by molar-refractivity contribution is 9.10. The Morgan fingerprint density at radius 3 is 2.87 bits per heavy atom. The Morgan fingerprint density at radius 1 is 1.67 bits per heavy atom. The van der Waals surface area contributed by atoms with E-state index in [1.54, 1.807) is 13.1 Å². The van der Waals surface area contributed by atoms with Crippen LogP contribution in [0.5, 0.6) is 0 Å². The Kier molecular flexibility index (Phi) is 4.83. The number of aliphatic hydroxyl groups is 1. The number of rotatable bonds is 4. The van der Waals surface area contributed by atoms with E-state index in [-0.39, 0.29) is 6.10 Å². The maximum Gasteiger partial charge on any atom is 0.142 e. The number of halogens is 2. The van der Waals surface area contributed by atoms with Gasteiger partial charge < -0.3 is 10.0 Å². The summed E-state index contributed by atoms with van der Waals surface area (Å²) in [6.45, 7) is 2.53. The standard InChI is InChI=1S/C10H14BrClN2O/c1-7(15)3-4-14(2)10-9(11)5-8(12)6-13-10/h5-7,15H,3-4H2,1-2H3. The first kappa shape index (κ1) is 12.7. The second kappa shape index (κ2) is 5.68. The molecule has 0 amide bonds. The first-order valence-corrected chi connectivity index (χ1v) is 5.88. The van der Waals surface area contributed by atoms with E-state index in [1.165, 1.54) is 0 Å². The van der Waals surface area contributed by atoms with Crippen molar-refractivity contribution >= 4 is 33.3 Å². The fourth-order valence-corrected chi connectivity index (χ4v) is 2.12. The Morgan fingerprint density at radius 2 is 2.33 bits per heavy atom. The minimum absolute atomic E-state index is 0.293. The van der Waals surface area contributed by atoms with Gasteiger partial charge >= 0.3 is 0 Å². The predicted molar refractivity (Wildman–Crippen MR) is 66.5 cm³/mol. The topological polar surface area (TPSA) is 36.4 Å². The van der Waals surface area contributed by atoms with E-state index < -0.39 is 0 Å². The van der Waals surface area contributed by atoms with Gasteiger partial charge in [-0.1, -0.05) is 11.6 Å². The molecule has 1 unspecified atom stereocenters. The summed E-state index contributed by atoms with van der Waals surface area (Å²) in [6.07, 6.45) is 2.03. The number of hydrogen-bond acceptors (Lipinski definition) is 3. The van der Waals surface area contributed by atoms with Crippen molar-refractivity contribution in [3.8, 4) is 0 Å². The molecule has 5 heteroatoms. The molecule has 0 saturated carbocycles. The van der Waals surface area contributed by atoms with Gasteiger partial charge in [-0.05, 0) is 35.3 Å². The quantitative estimate of drug-likeness (QED) is 0.927. The molecule has 0 aliphatic rings. The molecule has 0 aliphatic heterocycles. The second-order valence-corrected chi connectivity index (χ2v) is 4.81. The summed E-state index contributed by atoms with van der Waals surface area (Å²) >= 11 is 9.20. The lowest BCUT2D eigenvalue weighted by atomic mass is 10.3. The Labute approximate surface area is 103 Å². The third-order valence-electron chi connectivity index (χ3n) is 2.03. The van der Waals surface area contributed by atoms with Crippen LogP contribution in [0.1, 0.15) is 13.3 Å². The van der Waals surface area contributed by atoms with Crippen molar-refractivity contribution in [1.29, 1.82) is 0 Å². The second-order valence-electron chi connectivity index (χ2n) is 3.52. The van der Waals surface area contributed by atoms with E-state index in [1.807, 2.05) is 18.0 Å². The molecule has 3 nitrogen and oxygen atoms in total. The first-order valence-electron chi connectivity index (χ1n) is 4.71. The van der Waals surface area contributed by atoms with E-state index in [4.69, 9.17) is 11.6 Å². The Hall–Kier alpha value is -0.320. The lowest BCUT2D eigenvalue weighted by Gasteiger charge is -2.20. The van der Waals surface area contributed by atoms with Crippen LogP contribution >= 0.6 is 27.5 Å². The van der Waals surface area contributed by atoms with Gasteiger partial charge in [0.2, 0.25) is 0 Å². The van der Waals surface area contributed by atoms with Gasteiger partial charge in [0.25, 0.3) is 0 Å². The van der Waals surface area contributed by atoms with Crippen LogP contribution in [0.3, 0.4) is 0 Å². The highest BCUT2D eigenvalue weighted by atomic mass is 79.9. The summed E-state index contributed by atoms with van der Waals surface area (Å²) in [5.41, 5.74) is 0. The Bertz CT molecular complexity index is 333. The fraction of sp³-hybridized carbons (Fsp3) is 0.500. The smallest absolute Gasteiger partial charge is 0.142 e. The van der Waals surface area contributed by atoms with E-state index in [2.05, 4.69) is 20.9 Å². The van der Waals surface area contributed by atoms with Gasteiger partial charge in [0.05, 0.1) is 15.6 Å². The zero-order valence-corrected chi connectivity index (χ0v) is 11.1. The third kappa shape index (κ3) is 3.97. The van der Waals surface area contributed by atoms with Crippen LogP contribution in [0, 0.1) is 0 Å². The summed E-state index contributed by atoms with van der Waals surface area (Å²) in [7, 11) is 1.93. The SMILES string of the molecule is CC(O)CCN(C)c1ncc(Cl)cc1Br. The lowest BCUT2D eigenvalue weighted by Crippen LogP contribution is -2.23. The molecule has 1 N–H and O–H groups in total. The maximum absolute atomic E-state index is 9.18. The number of aromatic nitrogens is 1. The molecule has 0 saturated heterocycles. The van der Waals surface area contributed by atoms with Gasteiger partial charge in [-0.15, -0.1) is 0 Å². The van der Waals surface area contributed by atoms with Gasteiger partial charge in [-0.2, -0.15) is 0 Å². The van der Waals surface area contributed by atoms with Crippen molar-refractivity contribution < 1.29 is 5.11 Å². The largest absolute Gasteiger partial charge is 0.393 e. The molecule has 1 atom stereocenters. The van der Waals surface area contributed by atoms with Crippen molar-refractivity contribution in [3.05, 3.63) is 21.8 Å². The highest BCUT2D eigenvalue weighted by Crippen LogP contribution is 2.25. The normalized spacial score (nSPS) is 12.6. The van der Waals surface area contributed by atoms with E-state index in [0.29, 0.717) is 11.4 Å². The average Bonchev–Trinajstić information content (AvgIpc) is 2.14. The Balaban J connectivity index is 2.69. The molecule has 0 aromatic carbocycles. The van der Waals surface area contributed by atoms with Crippen LogP contribution < -0.4 is 4.90 Å². The summed E-state index contributed by atoms with van der Waals surface area (Å²) in [5, 5.41) is 9.79. The molecule has 0 fully saturated rings. The van der Waals surface area contributed by atoms with Crippen molar-refractivity contribution in [2.45, 2.75) is 19.4 Å². The molecular weight excluding hydrogens is 279 g/mol. The third-order valence-corrected chi connectivity index (χ3v) is 2.82. The minimum atomic E-state index is -0.293. The molecular formula is C10H14BrClN2O. The number of nitrogens with zero attached hydrogens (tertiary/aromatic N) is 2. The van der Waals surface area contributed by atoms with Gasteiger partial charge in [0.15, 0.2) is 0 Å². The summed E-state index contributed by atoms with van der Waals surface area (Å²) in [4.78, 5) is 6.20. The molecule has 15 heavy (non-hydrogen) atoms. The minimum Gasteiger partial charge on any atom is -0.393 e. The lowest BCUT2D eigenvalue weighted by molar-refractivity contribution is 0.187. The van der Waals surface area contributed by atoms with Crippen molar-refractivity contribution in [1.82, 2.24) is 4.98 Å². The average molecular weight is 294 g/mol. The molecule has 0 bridgehead atoms. The monoisotopic (exact) mass is 292 g/mol. The number of pyridine rings is 1. The van der Waals surface area contributed by atoms with E-state index >= 15 is 0 Å². The van der Waals surface area contributed by atoms with Crippen LogP contribution in [-0.4, -0.2) is 29.8 Å². The summed E-state index contributed by atoms with van der Waals surface area (Å²) < 4.78 is 0.864. The van der Waals surface area contributed by atoms with Crippen LogP contribution in [0.25, 0.3) is 0 Å². The van der Waals surface area contributed by atoms with Crippen molar-refractivity contribution in [2.75, 3.05) is 18.5 Å². The van der Waals surface area contributed by atoms with E-state index in [0.717, 1.165) is 16.8 Å². The number of aliphatic hydroxyl groups excluding tert-OH is 1. The van der Waals surface area contributed by atoms with Gasteiger partial charge in [0.1, 0.15) is 5.82 Å². The fourth-order valence-electron chi connectivity index (χ4n) is 1.17. The molecule has 0 radical (unpaired) electrons. The highest BCUT2D eigenvalue weighted by Gasteiger charge is 2.08. The molecule has 0 aliphatic carbocycles. The van der Waals surface area contributed by atoms with Crippen molar-refractivity contribution in [3.63, 3.8) is 0 Å². The maximum atomic E-state index is 9.18. The van der Waals surface area contributed by atoms with Gasteiger partial charge in [0, 0.05) is 19.8 Å². The molecule has 0 spiro atoms. The van der Waals surface area contributed by atoms with Crippen LogP contribution in [0.2, 0.25) is 5.02 Å². The summed E-state index contributed by atoms with van der Waals surface area (Å²) in [5.74, 6) is 0.833. The first-order chi connectivity index (χ1) is 7.00. The molecule has 1 aromatic heterocycles. The van der Waals surface area contributed by atoms with Crippen LogP contribution in [0.15, 0.2) is 16.7 Å². The molecule has 1 rings (SSSR count). The number of anilines is 1. The zero-order chi connectivity index (χ0) is 11.4. The zero-order valence-electron chi connectivity index (χ0n) is 8.74. The van der Waals surface area contributed by atoms with Crippen LogP contribution in [0.4, 0.5) is 5.82 Å².